The fraction of sp³-hybridized carbons (Fsp3) is 0.579. The van der Waals surface area contributed by atoms with Crippen LogP contribution < -0.4 is 4.74 Å². The van der Waals surface area contributed by atoms with Crippen molar-refractivity contribution in [2.45, 2.75) is 65.3 Å². The minimum Gasteiger partial charge on any atom is -0.483 e. The van der Waals surface area contributed by atoms with E-state index >= 15 is 0 Å². The number of rotatable bonds is 6. The molecule has 1 N–H and O–H groups in total. The van der Waals surface area contributed by atoms with Crippen molar-refractivity contribution in [2.24, 2.45) is 5.10 Å². The smallest absolute Gasteiger partial charge is 0.438 e. The van der Waals surface area contributed by atoms with Crippen molar-refractivity contribution in [1.29, 1.82) is 0 Å². The number of ether oxygens (including phenoxy) is 1. The molecule has 0 aromatic heterocycles. The number of alkyl halides is 3. The van der Waals surface area contributed by atoms with Gasteiger partial charge in [0.25, 0.3) is 11.6 Å². The summed E-state index contributed by atoms with van der Waals surface area (Å²) < 4.78 is 45.8. The van der Waals surface area contributed by atoms with Gasteiger partial charge in [-0.1, -0.05) is 31.0 Å². The van der Waals surface area contributed by atoms with Crippen LogP contribution in [-0.4, -0.2) is 40.2 Å². The first-order valence-corrected chi connectivity index (χ1v) is 8.88. The van der Waals surface area contributed by atoms with Crippen molar-refractivity contribution in [3.05, 3.63) is 28.8 Å². The first-order valence-electron chi connectivity index (χ1n) is 8.88. The minimum atomic E-state index is -5.02. The predicted octanol–water partition coefficient (Wildman–Crippen LogP) is 4.02. The molecule has 0 bridgehead atoms. The molecule has 1 atom stereocenters. The van der Waals surface area contributed by atoms with E-state index in [4.69, 9.17) is 4.74 Å². The van der Waals surface area contributed by atoms with Crippen LogP contribution in [0.15, 0.2) is 17.2 Å². The molecule has 1 aliphatic heterocycles. The molecule has 0 radical (unpaired) electrons. The third-order valence-corrected chi connectivity index (χ3v) is 4.50. The molecule has 27 heavy (non-hydrogen) atoms. The molecule has 0 aliphatic carbocycles. The van der Waals surface area contributed by atoms with E-state index in [-0.39, 0.29) is 10.7 Å². The van der Waals surface area contributed by atoms with E-state index in [9.17, 15) is 23.1 Å². The SMILES string of the molecule is CCCCC1=NN(C(=O)COc2c(C)cc(C)cc2C)C(O)(C(F)(F)F)C1. The Bertz CT molecular complexity index is 723. The van der Waals surface area contributed by atoms with Crippen LogP contribution in [0, 0.1) is 20.8 Å². The van der Waals surface area contributed by atoms with Crippen LogP contribution >= 0.6 is 0 Å². The van der Waals surface area contributed by atoms with Crippen LogP contribution in [0.3, 0.4) is 0 Å². The van der Waals surface area contributed by atoms with Gasteiger partial charge in [-0.3, -0.25) is 4.79 Å². The molecule has 0 fully saturated rings. The molecule has 1 heterocycles. The van der Waals surface area contributed by atoms with E-state index in [1.165, 1.54) is 0 Å². The highest BCUT2D eigenvalue weighted by Gasteiger charge is 2.63. The number of carbonyl (C=O) groups is 1. The summed E-state index contributed by atoms with van der Waals surface area (Å²) in [6, 6.07) is 3.71. The first kappa shape index (κ1) is 21.2. The van der Waals surface area contributed by atoms with E-state index in [1.807, 2.05) is 26.0 Å². The van der Waals surface area contributed by atoms with E-state index in [0.717, 1.165) is 23.1 Å². The molecule has 150 valence electrons. The second-order valence-electron chi connectivity index (χ2n) is 6.98. The number of hydrogen-bond donors (Lipinski definition) is 1. The summed E-state index contributed by atoms with van der Waals surface area (Å²) in [5.41, 5.74) is -0.596. The molecule has 0 saturated heterocycles. The van der Waals surface area contributed by atoms with Gasteiger partial charge in [-0.25, -0.2) is 0 Å². The number of unbranched alkanes of at least 4 members (excludes halogenated alkanes) is 1. The summed E-state index contributed by atoms with van der Waals surface area (Å²) >= 11 is 0. The van der Waals surface area contributed by atoms with Gasteiger partial charge in [-0.15, -0.1) is 0 Å². The Hall–Kier alpha value is -2.09. The highest BCUT2D eigenvalue weighted by Crippen LogP contribution is 2.41. The Morgan fingerprint density at radius 2 is 1.89 bits per heavy atom. The number of hydrogen-bond acceptors (Lipinski definition) is 4. The second-order valence-corrected chi connectivity index (χ2v) is 6.98. The average Bonchev–Trinajstić information content (AvgIpc) is 2.89. The molecule has 5 nitrogen and oxygen atoms in total. The van der Waals surface area contributed by atoms with Gasteiger partial charge in [-0.2, -0.15) is 23.3 Å². The van der Waals surface area contributed by atoms with Crippen LogP contribution in [0.4, 0.5) is 13.2 Å². The zero-order valence-electron chi connectivity index (χ0n) is 16.0. The third kappa shape index (κ3) is 4.43. The fourth-order valence-corrected chi connectivity index (χ4v) is 3.21. The van der Waals surface area contributed by atoms with Crippen LogP contribution in [0.5, 0.6) is 5.75 Å². The summed E-state index contributed by atoms with van der Waals surface area (Å²) in [6.07, 6.45) is -4.05. The maximum Gasteiger partial charge on any atom is 0.438 e. The lowest BCUT2D eigenvalue weighted by Crippen LogP contribution is -2.57. The number of carbonyl (C=O) groups excluding carboxylic acids is 1. The number of halogens is 3. The number of aryl methyl sites for hydroxylation is 3. The van der Waals surface area contributed by atoms with Gasteiger partial charge in [0.2, 0.25) is 0 Å². The maximum atomic E-state index is 13.4. The van der Waals surface area contributed by atoms with Crippen molar-refractivity contribution in [3.8, 4) is 5.75 Å². The molecule has 8 heteroatoms. The third-order valence-electron chi connectivity index (χ3n) is 4.50. The highest BCUT2D eigenvalue weighted by atomic mass is 19.4. The summed E-state index contributed by atoms with van der Waals surface area (Å²) in [5.74, 6) is -0.598. The van der Waals surface area contributed by atoms with Gasteiger partial charge in [-0.05, 0) is 44.7 Å². The highest BCUT2D eigenvalue weighted by molar-refractivity contribution is 5.91. The van der Waals surface area contributed by atoms with E-state index in [1.54, 1.807) is 13.8 Å². The molecule has 1 amide bonds. The normalized spacial score (nSPS) is 20.0. The molecule has 1 aliphatic rings. The Morgan fingerprint density at radius 3 is 2.41 bits per heavy atom. The zero-order valence-corrected chi connectivity index (χ0v) is 16.0. The fourth-order valence-electron chi connectivity index (χ4n) is 3.21. The Kier molecular flexibility index (Phi) is 6.19. The van der Waals surface area contributed by atoms with Gasteiger partial charge in [0.1, 0.15) is 5.75 Å². The van der Waals surface area contributed by atoms with E-state index in [0.29, 0.717) is 18.6 Å². The number of hydrazone groups is 1. The van der Waals surface area contributed by atoms with Crippen molar-refractivity contribution in [3.63, 3.8) is 0 Å². The average molecular weight is 386 g/mol. The summed E-state index contributed by atoms with van der Waals surface area (Å²) in [7, 11) is 0. The van der Waals surface area contributed by atoms with Crippen molar-refractivity contribution < 1.29 is 27.8 Å². The monoisotopic (exact) mass is 386 g/mol. The maximum absolute atomic E-state index is 13.4. The Balaban J connectivity index is 2.20. The first-order chi connectivity index (χ1) is 12.5. The van der Waals surface area contributed by atoms with Crippen LogP contribution in [0.1, 0.15) is 49.3 Å². The Morgan fingerprint density at radius 1 is 1.30 bits per heavy atom. The second kappa shape index (κ2) is 7.88. The largest absolute Gasteiger partial charge is 0.483 e. The molecule has 0 saturated carbocycles. The standard InChI is InChI=1S/C19H25F3N2O3/c1-5-6-7-15-10-18(26,19(20,21)22)24(23-15)16(25)11-27-17-13(3)8-12(2)9-14(17)4/h8-9,26H,5-7,10-11H2,1-4H3. The topological polar surface area (TPSA) is 62.1 Å². The summed E-state index contributed by atoms with van der Waals surface area (Å²) in [5, 5.41) is 14.1. The lowest BCUT2D eigenvalue weighted by Gasteiger charge is -2.32. The lowest BCUT2D eigenvalue weighted by molar-refractivity contribution is -0.302. The molecular formula is C19H25F3N2O3. The van der Waals surface area contributed by atoms with Gasteiger partial charge in [0.15, 0.2) is 6.61 Å². The van der Waals surface area contributed by atoms with Crippen LogP contribution in [0.25, 0.3) is 0 Å². The number of aliphatic hydroxyl groups is 1. The molecule has 1 aromatic rings. The summed E-state index contributed by atoms with van der Waals surface area (Å²) in [4.78, 5) is 12.4. The lowest BCUT2D eigenvalue weighted by atomic mass is 10.0. The zero-order chi connectivity index (χ0) is 20.4. The minimum absolute atomic E-state index is 0.136. The number of benzene rings is 1. The van der Waals surface area contributed by atoms with Gasteiger partial charge in [0.05, 0.1) is 0 Å². The quantitative estimate of drug-likeness (QED) is 0.803. The van der Waals surface area contributed by atoms with Gasteiger partial charge in [0, 0.05) is 12.1 Å². The van der Waals surface area contributed by atoms with Crippen molar-refractivity contribution in [1.82, 2.24) is 5.01 Å². The van der Waals surface area contributed by atoms with Crippen molar-refractivity contribution >= 4 is 11.6 Å². The van der Waals surface area contributed by atoms with E-state index in [2.05, 4.69) is 5.10 Å². The molecule has 1 aromatic carbocycles. The van der Waals surface area contributed by atoms with Crippen LogP contribution in [-0.2, 0) is 4.79 Å². The summed E-state index contributed by atoms with van der Waals surface area (Å²) in [6.45, 7) is 6.75. The van der Waals surface area contributed by atoms with Gasteiger partial charge < -0.3 is 9.84 Å². The van der Waals surface area contributed by atoms with Gasteiger partial charge >= 0.3 is 6.18 Å². The molecular weight excluding hydrogens is 361 g/mol. The van der Waals surface area contributed by atoms with E-state index < -0.39 is 30.8 Å². The number of nitrogens with zero attached hydrogens (tertiary/aromatic N) is 2. The molecule has 1 unspecified atom stereocenters. The van der Waals surface area contributed by atoms with Crippen molar-refractivity contribution in [2.75, 3.05) is 6.61 Å². The predicted molar refractivity (Wildman–Crippen MR) is 95.6 cm³/mol. The number of amides is 1. The molecule has 2 rings (SSSR count). The van der Waals surface area contributed by atoms with Crippen LogP contribution in [0.2, 0.25) is 0 Å². The molecule has 0 spiro atoms. The Labute approximate surface area is 156 Å².